The number of aromatic nitrogens is 1. The number of Topliss-reactive ketones (excluding diaryl/α,β-unsaturated/α-hetero) is 1. The van der Waals surface area contributed by atoms with Crippen molar-refractivity contribution in [3.8, 4) is 0 Å². The highest BCUT2D eigenvalue weighted by atomic mass is 35.5. The van der Waals surface area contributed by atoms with Crippen molar-refractivity contribution in [3.63, 3.8) is 0 Å². The molecule has 0 atom stereocenters. The molecule has 2 N–H and O–H groups in total. The van der Waals surface area contributed by atoms with Crippen molar-refractivity contribution in [2.24, 2.45) is 0 Å². The molecule has 0 bridgehead atoms. The summed E-state index contributed by atoms with van der Waals surface area (Å²) in [5.41, 5.74) is 6.08. The Kier molecular flexibility index (Phi) is 2.44. The number of carbonyl (C=O) groups is 1. The van der Waals surface area contributed by atoms with Crippen LogP contribution >= 0.6 is 11.6 Å². The van der Waals surface area contributed by atoms with Gasteiger partial charge in [-0.3, -0.25) is 9.78 Å². The number of hydrogen-bond donors (Lipinski definition) is 1. The first kappa shape index (κ1) is 8.01. The van der Waals surface area contributed by atoms with E-state index in [0.29, 0.717) is 5.69 Å². The van der Waals surface area contributed by atoms with E-state index in [4.69, 9.17) is 17.3 Å². The number of carbonyl (C=O) groups excluding carboxylic acids is 1. The van der Waals surface area contributed by atoms with Gasteiger partial charge < -0.3 is 5.73 Å². The zero-order chi connectivity index (χ0) is 8.27. The fourth-order valence-corrected chi connectivity index (χ4v) is 0.841. The highest BCUT2D eigenvalue weighted by Gasteiger charge is 2.07. The number of rotatable bonds is 2. The molecule has 0 radical (unpaired) electrons. The van der Waals surface area contributed by atoms with Gasteiger partial charge in [0.05, 0.1) is 11.6 Å². The number of nitrogens with two attached hydrogens (primary N) is 1. The van der Waals surface area contributed by atoms with Crippen LogP contribution in [0.3, 0.4) is 0 Å². The third-order valence-corrected chi connectivity index (χ3v) is 1.47. The van der Waals surface area contributed by atoms with Crippen LogP contribution in [-0.2, 0) is 0 Å². The van der Waals surface area contributed by atoms with Gasteiger partial charge in [-0.15, -0.1) is 11.6 Å². The lowest BCUT2D eigenvalue weighted by Crippen LogP contribution is -2.06. The topological polar surface area (TPSA) is 56.0 Å². The number of pyridine rings is 1. The summed E-state index contributed by atoms with van der Waals surface area (Å²) in [4.78, 5) is 14.7. The molecule has 0 spiro atoms. The third kappa shape index (κ3) is 1.68. The van der Waals surface area contributed by atoms with Gasteiger partial charge in [0.15, 0.2) is 5.78 Å². The Labute approximate surface area is 69.2 Å². The fraction of sp³-hybridized carbons (Fsp3) is 0.143. The second-order valence-electron chi connectivity index (χ2n) is 2.00. The molecule has 0 saturated carbocycles. The average Bonchev–Trinajstić information content (AvgIpc) is 2.04. The Morgan fingerprint density at radius 2 is 2.45 bits per heavy atom. The van der Waals surface area contributed by atoms with Gasteiger partial charge >= 0.3 is 0 Å². The molecule has 0 amide bonds. The fourth-order valence-electron chi connectivity index (χ4n) is 0.714. The summed E-state index contributed by atoms with van der Waals surface area (Å²) in [5.74, 6) is -0.328. The van der Waals surface area contributed by atoms with Crippen LogP contribution in [0.15, 0.2) is 18.3 Å². The van der Waals surface area contributed by atoms with E-state index in [2.05, 4.69) is 4.98 Å². The van der Waals surface area contributed by atoms with Gasteiger partial charge in [0.1, 0.15) is 5.69 Å². The van der Waals surface area contributed by atoms with E-state index < -0.39 is 0 Å². The normalized spacial score (nSPS) is 9.55. The highest BCUT2D eigenvalue weighted by molar-refractivity contribution is 6.30. The molecule has 3 nitrogen and oxygen atoms in total. The molecule has 58 valence electrons. The van der Waals surface area contributed by atoms with Crippen molar-refractivity contribution in [2.75, 3.05) is 11.6 Å². The second kappa shape index (κ2) is 3.34. The number of alkyl halides is 1. The molecule has 1 heterocycles. The lowest BCUT2D eigenvalue weighted by atomic mass is 10.2. The largest absolute Gasteiger partial charge is 0.397 e. The van der Waals surface area contributed by atoms with Crippen molar-refractivity contribution in [1.82, 2.24) is 4.98 Å². The van der Waals surface area contributed by atoms with E-state index >= 15 is 0 Å². The summed E-state index contributed by atoms with van der Waals surface area (Å²) in [5, 5.41) is 0. The van der Waals surface area contributed by atoms with E-state index in [1.807, 2.05) is 0 Å². The van der Waals surface area contributed by atoms with E-state index in [0.717, 1.165) is 0 Å². The zero-order valence-corrected chi connectivity index (χ0v) is 6.51. The first-order chi connectivity index (χ1) is 5.25. The molecular weight excluding hydrogens is 164 g/mol. The second-order valence-corrected chi connectivity index (χ2v) is 2.27. The minimum atomic E-state index is -0.246. The van der Waals surface area contributed by atoms with E-state index in [9.17, 15) is 4.79 Å². The maximum Gasteiger partial charge on any atom is 0.197 e. The van der Waals surface area contributed by atoms with Crippen LogP contribution in [0.2, 0.25) is 0 Å². The Balaban J connectivity index is 3.03. The monoisotopic (exact) mass is 170 g/mol. The van der Waals surface area contributed by atoms with Crippen molar-refractivity contribution in [3.05, 3.63) is 24.0 Å². The number of nitrogen functional groups attached to an aromatic ring is 1. The maximum absolute atomic E-state index is 11.0. The predicted octanol–water partition coefficient (Wildman–Crippen LogP) is 1.09. The van der Waals surface area contributed by atoms with Gasteiger partial charge in [-0.05, 0) is 12.1 Å². The molecular formula is C7H7ClN2O. The molecule has 0 saturated heterocycles. The lowest BCUT2D eigenvalue weighted by molar-refractivity contribution is 0.101. The minimum Gasteiger partial charge on any atom is -0.397 e. The molecule has 4 heteroatoms. The van der Waals surface area contributed by atoms with Crippen molar-refractivity contribution in [1.29, 1.82) is 0 Å². The van der Waals surface area contributed by atoms with Crippen LogP contribution < -0.4 is 5.73 Å². The van der Waals surface area contributed by atoms with Crippen molar-refractivity contribution < 1.29 is 4.79 Å². The molecule has 0 fully saturated rings. The van der Waals surface area contributed by atoms with Crippen LogP contribution in [-0.4, -0.2) is 16.6 Å². The number of ketones is 1. The van der Waals surface area contributed by atoms with Gasteiger partial charge in [-0.2, -0.15) is 0 Å². The Morgan fingerprint density at radius 1 is 1.73 bits per heavy atom. The predicted molar refractivity (Wildman–Crippen MR) is 43.7 cm³/mol. The lowest BCUT2D eigenvalue weighted by Gasteiger charge is -1.98. The van der Waals surface area contributed by atoms with Crippen LogP contribution in [0, 0.1) is 0 Å². The number of hydrogen-bond acceptors (Lipinski definition) is 3. The van der Waals surface area contributed by atoms with Crippen LogP contribution in [0.1, 0.15) is 10.5 Å². The summed E-state index contributed by atoms with van der Waals surface area (Å²) in [7, 11) is 0. The Morgan fingerprint density at radius 3 is 3.00 bits per heavy atom. The van der Waals surface area contributed by atoms with Gasteiger partial charge in [0, 0.05) is 6.20 Å². The first-order valence-corrected chi connectivity index (χ1v) is 3.59. The quantitative estimate of drug-likeness (QED) is 0.534. The summed E-state index contributed by atoms with van der Waals surface area (Å²) >= 11 is 5.31. The van der Waals surface area contributed by atoms with Crippen molar-refractivity contribution >= 4 is 23.1 Å². The number of anilines is 1. The summed E-state index contributed by atoms with van der Waals surface area (Å²) in [6.45, 7) is 0. The van der Waals surface area contributed by atoms with Gasteiger partial charge in [0.25, 0.3) is 0 Å². The minimum absolute atomic E-state index is 0.0821. The van der Waals surface area contributed by atoms with Crippen LogP contribution in [0.5, 0.6) is 0 Å². The maximum atomic E-state index is 11.0. The molecule has 0 aliphatic rings. The van der Waals surface area contributed by atoms with E-state index in [-0.39, 0.29) is 17.4 Å². The van der Waals surface area contributed by atoms with Crippen LogP contribution in [0.25, 0.3) is 0 Å². The molecule has 0 aliphatic carbocycles. The molecule has 0 aromatic carbocycles. The van der Waals surface area contributed by atoms with Gasteiger partial charge in [-0.1, -0.05) is 0 Å². The van der Waals surface area contributed by atoms with Crippen LogP contribution in [0.4, 0.5) is 5.69 Å². The summed E-state index contributed by atoms with van der Waals surface area (Å²) in [6.07, 6.45) is 1.51. The van der Waals surface area contributed by atoms with Gasteiger partial charge in [0.2, 0.25) is 0 Å². The van der Waals surface area contributed by atoms with Gasteiger partial charge in [-0.25, -0.2) is 0 Å². The molecule has 11 heavy (non-hydrogen) atoms. The number of nitrogens with zero attached hydrogens (tertiary/aromatic N) is 1. The highest BCUT2D eigenvalue weighted by Crippen LogP contribution is 2.07. The van der Waals surface area contributed by atoms with E-state index in [1.165, 1.54) is 6.20 Å². The third-order valence-electron chi connectivity index (χ3n) is 1.22. The summed E-state index contributed by atoms with van der Waals surface area (Å²) in [6, 6.07) is 3.28. The smallest absolute Gasteiger partial charge is 0.197 e. The zero-order valence-electron chi connectivity index (χ0n) is 5.75. The average molecular weight is 171 g/mol. The van der Waals surface area contributed by atoms with E-state index in [1.54, 1.807) is 12.1 Å². The molecule has 0 unspecified atom stereocenters. The molecule has 0 aliphatic heterocycles. The van der Waals surface area contributed by atoms with Crippen molar-refractivity contribution in [2.45, 2.75) is 0 Å². The Hall–Kier alpha value is -1.09. The summed E-state index contributed by atoms with van der Waals surface area (Å²) < 4.78 is 0. The Bertz CT molecular complexity index is 275. The molecule has 1 aromatic rings. The number of halogens is 1. The molecule has 1 aromatic heterocycles. The first-order valence-electron chi connectivity index (χ1n) is 3.05. The SMILES string of the molecule is Nc1cccnc1C(=O)CCl. The molecule has 1 rings (SSSR count). The standard InChI is InChI=1S/C7H7ClN2O/c8-4-6(11)7-5(9)2-1-3-10-7/h1-3H,4,9H2.